The molecule has 0 aromatic carbocycles. The predicted molar refractivity (Wildman–Crippen MR) is 68.2 cm³/mol. The van der Waals surface area contributed by atoms with Crippen LogP contribution in [-0.4, -0.2) is 22.7 Å². The molecular formula is C14H19NO4. The Kier molecular flexibility index (Phi) is 4.02. The van der Waals surface area contributed by atoms with Crippen molar-refractivity contribution in [1.29, 1.82) is 0 Å². The summed E-state index contributed by atoms with van der Waals surface area (Å²) in [4.78, 5) is 34.4. The number of rotatable bonds is 2. The summed E-state index contributed by atoms with van der Waals surface area (Å²) in [5.74, 6) is -0.357. The number of piperidine rings is 1. The quantitative estimate of drug-likeness (QED) is 0.451. The Morgan fingerprint density at radius 3 is 2.42 bits per heavy atom. The van der Waals surface area contributed by atoms with Crippen molar-refractivity contribution in [2.24, 2.45) is 11.8 Å². The molecular weight excluding hydrogens is 246 g/mol. The zero-order chi connectivity index (χ0) is 14.0. The Bertz CT molecular complexity index is 436. The topological polar surface area (TPSA) is 83.5 Å². The molecule has 1 aliphatic heterocycles. The largest absolute Gasteiger partial charge is 0.512 e. The molecule has 0 aromatic rings. The monoisotopic (exact) mass is 265 g/mol. The highest BCUT2D eigenvalue weighted by atomic mass is 16.3. The molecule has 104 valence electrons. The lowest BCUT2D eigenvalue weighted by atomic mass is 9.83. The van der Waals surface area contributed by atoms with Crippen molar-refractivity contribution in [3.8, 4) is 0 Å². The molecule has 1 aliphatic carbocycles. The van der Waals surface area contributed by atoms with E-state index >= 15 is 0 Å². The van der Waals surface area contributed by atoms with E-state index in [1.165, 1.54) is 0 Å². The zero-order valence-electron chi connectivity index (χ0n) is 11.1. The summed E-state index contributed by atoms with van der Waals surface area (Å²) in [7, 11) is 0. The van der Waals surface area contributed by atoms with Gasteiger partial charge in [0.1, 0.15) is 0 Å². The number of Topliss-reactive ketones (excluding diaryl/α,β-unsaturated/α-hetero) is 1. The van der Waals surface area contributed by atoms with Gasteiger partial charge in [-0.2, -0.15) is 0 Å². The third-order valence-electron chi connectivity index (χ3n) is 3.81. The lowest BCUT2D eigenvalue weighted by Crippen LogP contribution is -2.38. The molecule has 2 amide bonds. The Balaban J connectivity index is 2.03. The number of aliphatic hydroxyl groups is 1. The fourth-order valence-electron chi connectivity index (χ4n) is 2.77. The first-order valence-electron chi connectivity index (χ1n) is 6.72. The van der Waals surface area contributed by atoms with Crippen LogP contribution in [0.15, 0.2) is 11.3 Å². The summed E-state index contributed by atoms with van der Waals surface area (Å²) in [5, 5.41) is 12.3. The summed E-state index contributed by atoms with van der Waals surface area (Å²) < 4.78 is 0. The van der Waals surface area contributed by atoms with E-state index in [0.717, 1.165) is 6.42 Å². The average molecular weight is 265 g/mol. The molecule has 5 nitrogen and oxygen atoms in total. The second kappa shape index (κ2) is 5.55. The van der Waals surface area contributed by atoms with E-state index in [4.69, 9.17) is 0 Å². The Hall–Kier alpha value is -1.65. The van der Waals surface area contributed by atoms with Crippen LogP contribution in [0.2, 0.25) is 0 Å². The third kappa shape index (κ3) is 3.43. The van der Waals surface area contributed by atoms with Crippen LogP contribution < -0.4 is 5.32 Å². The highest BCUT2D eigenvalue weighted by Crippen LogP contribution is 2.30. The van der Waals surface area contributed by atoms with Gasteiger partial charge in [-0.25, -0.2) is 0 Å². The van der Waals surface area contributed by atoms with Crippen molar-refractivity contribution in [3.05, 3.63) is 11.3 Å². The highest BCUT2D eigenvalue weighted by molar-refractivity contribution is 5.98. The molecule has 0 aromatic heterocycles. The van der Waals surface area contributed by atoms with E-state index in [-0.39, 0.29) is 48.5 Å². The van der Waals surface area contributed by atoms with E-state index in [2.05, 4.69) is 5.32 Å². The second-order valence-electron chi connectivity index (χ2n) is 5.65. The van der Waals surface area contributed by atoms with Gasteiger partial charge in [0, 0.05) is 31.3 Å². The van der Waals surface area contributed by atoms with Crippen molar-refractivity contribution in [3.63, 3.8) is 0 Å². The molecule has 2 rings (SSSR count). The van der Waals surface area contributed by atoms with Gasteiger partial charge in [-0.1, -0.05) is 6.92 Å². The predicted octanol–water partition coefficient (Wildman–Crippen LogP) is 1.63. The van der Waals surface area contributed by atoms with E-state index in [1.807, 2.05) is 6.92 Å². The number of allylic oxidation sites excluding steroid dienone is 2. The van der Waals surface area contributed by atoms with Crippen molar-refractivity contribution in [2.45, 2.75) is 45.4 Å². The van der Waals surface area contributed by atoms with Crippen molar-refractivity contribution >= 4 is 17.6 Å². The van der Waals surface area contributed by atoms with Crippen LogP contribution in [0.4, 0.5) is 0 Å². The van der Waals surface area contributed by atoms with Crippen LogP contribution >= 0.6 is 0 Å². The van der Waals surface area contributed by atoms with Crippen LogP contribution in [0.1, 0.15) is 45.4 Å². The standard InChI is InChI=1S/C14H19NO4/c1-8-2-3-10(11(16)4-8)12(17)5-9-6-13(18)15-14(19)7-9/h8-9,17H,2-7H2,1H3,(H,15,18,19)/t8-/m1/s1. The molecule has 19 heavy (non-hydrogen) atoms. The van der Waals surface area contributed by atoms with Crippen molar-refractivity contribution < 1.29 is 19.5 Å². The molecule has 1 saturated carbocycles. The maximum absolute atomic E-state index is 11.9. The van der Waals surface area contributed by atoms with Gasteiger partial charge in [0.25, 0.3) is 0 Å². The Morgan fingerprint density at radius 1 is 1.21 bits per heavy atom. The van der Waals surface area contributed by atoms with Gasteiger partial charge in [-0.05, 0) is 24.7 Å². The van der Waals surface area contributed by atoms with Crippen molar-refractivity contribution in [2.75, 3.05) is 0 Å². The van der Waals surface area contributed by atoms with Crippen LogP contribution in [-0.2, 0) is 14.4 Å². The van der Waals surface area contributed by atoms with Gasteiger partial charge < -0.3 is 5.11 Å². The number of carbonyl (C=O) groups excluding carboxylic acids is 3. The Morgan fingerprint density at radius 2 is 1.84 bits per heavy atom. The Labute approximate surface area is 112 Å². The number of hydrogen-bond donors (Lipinski definition) is 2. The van der Waals surface area contributed by atoms with Crippen LogP contribution in [0, 0.1) is 11.8 Å². The molecule has 2 fully saturated rings. The number of aliphatic hydroxyl groups excluding tert-OH is 1. The maximum atomic E-state index is 11.9. The van der Waals surface area contributed by atoms with E-state index in [0.29, 0.717) is 24.3 Å². The first kappa shape index (κ1) is 13.8. The van der Waals surface area contributed by atoms with E-state index in [1.54, 1.807) is 0 Å². The first-order chi connectivity index (χ1) is 8.95. The molecule has 2 aliphatic rings. The number of imide groups is 1. The van der Waals surface area contributed by atoms with Crippen molar-refractivity contribution in [1.82, 2.24) is 5.32 Å². The fourth-order valence-corrected chi connectivity index (χ4v) is 2.77. The minimum Gasteiger partial charge on any atom is -0.512 e. The number of nitrogens with one attached hydrogen (secondary N) is 1. The summed E-state index contributed by atoms with van der Waals surface area (Å²) in [6, 6.07) is 0. The molecule has 0 radical (unpaired) electrons. The number of carbonyl (C=O) groups is 3. The molecule has 1 heterocycles. The average Bonchev–Trinajstić information content (AvgIpc) is 2.26. The molecule has 2 N–H and O–H groups in total. The number of ketones is 1. The molecule has 5 heteroatoms. The SMILES string of the molecule is C[C@@H]1CCC(=C(O)CC2CC(=O)NC(=O)C2)C(=O)C1. The maximum Gasteiger partial charge on any atom is 0.226 e. The minimum atomic E-state index is -0.303. The summed E-state index contributed by atoms with van der Waals surface area (Å²) >= 11 is 0. The molecule has 1 atom stereocenters. The smallest absolute Gasteiger partial charge is 0.226 e. The first-order valence-corrected chi connectivity index (χ1v) is 6.72. The molecule has 0 bridgehead atoms. The number of hydrogen-bond acceptors (Lipinski definition) is 4. The van der Waals surface area contributed by atoms with Gasteiger partial charge >= 0.3 is 0 Å². The normalized spacial score (nSPS) is 28.3. The fraction of sp³-hybridized carbons (Fsp3) is 0.643. The second-order valence-corrected chi connectivity index (χ2v) is 5.65. The summed E-state index contributed by atoms with van der Waals surface area (Å²) in [5.41, 5.74) is 0.497. The lowest BCUT2D eigenvalue weighted by molar-refractivity contribution is -0.134. The van der Waals surface area contributed by atoms with Gasteiger partial charge in [-0.15, -0.1) is 0 Å². The summed E-state index contributed by atoms with van der Waals surface area (Å²) in [6.45, 7) is 2.02. The van der Waals surface area contributed by atoms with E-state index in [9.17, 15) is 19.5 Å². The molecule has 1 saturated heterocycles. The van der Waals surface area contributed by atoms with Gasteiger partial charge in [0.2, 0.25) is 11.8 Å². The highest BCUT2D eigenvalue weighted by Gasteiger charge is 2.29. The van der Waals surface area contributed by atoms with Crippen LogP contribution in [0.5, 0.6) is 0 Å². The van der Waals surface area contributed by atoms with Crippen LogP contribution in [0.3, 0.4) is 0 Å². The number of amides is 2. The lowest BCUT2D eigenvalue weighted by Gasteiger charge is -2.23. The van der Waals surface area contributed by atoms with Gasteiger partial charge in [0.15, 0.2) is 5.78 Å². The molecule has 0 spiro atoms. The minimum absolute atomic E-state index is 0.00263. The zero-order valence-corrected chi connectivity index (χ0v) is 11.1. The summed E-state index contributed by atoms with van der Waals surface area (Å²) in [6.07, 6.45) is 2.67. The molecule has 0 unspecified atom stereocenters. The third-order valence-corrected chi connectivity index (χ3v) is 3.81. The van der Waals surface area contributed by atoms with Gasteiger partial charge in [-0.3, -0.25) is 19.7 Å². The van der Waals surface area contributed by atoms with E-state index < -0.39 is 0 Å². The van der Waals surface area contributed by atoms with Gasteiger partial charge in [0.05, 0.1) is 5.76 Å². The van der Waals surface area contributed by atoms with Crippen LogP contribution in [0.25, 0.3) is 0 Å².